The van der Waals surface area contributed by atoms with Crippen molar-refractivity contribution in [2.75, 3.05) is 9.91 Å². The molecule has 8 aromatic carbocycles. The first-order valence-corrected chi connectivity index (χ1v) is 20.1. The van der Waals surface area contributed by atoms with E-state index in [0.717, 1.165) is 66.9 Å². The van der Waals surface area contributed by atoms with E-state index in [2.05, 4.69) is 126 Å². The Bertz CT molecular complexity index is 2800. The second kappa shape index (κ2) is 17.8. The number of amidine groups is 1. The van der Waals surface area contributed by atoms with Crippen LogP contribution in [-0.2, 0) is 22.4 Å². The van der Waals surface area contributed by atoms with Gasteiger partial charge in [-0.2, -0.15) is 5.10 Å². The molecule has 0 atom stereocenters. The fourth-order valence-electron chi connectivity index (χ4n) is 7.76. The third-order valence-electron chi connectivity index (χ3n) is 10.4. The Morgan fingerprint density at radius 3 is 1.20 bits per heavy atom. The predicted molar refractivity (Wildman–Crippen MR) is 250 cm³/mol. The first-order valence-electron chi connectivity index (χ1n) is 21.1. The molecule has 0 saturated carbocycles. The minimum Gasteiger partial charge on any atom is -0.657 e. The minimum atomic E-state index is -1.81. The predicted octanol–water partition coefficient (Wildman–Crippen LogP) is 14.5. The molecule has 0 unspecified atom stereocenters. The summed E-state index contributed by atoms with van der Waals surface area (Å²) in [5, 5.41) is 9.63. The van der Waals surface area contributed by atoms with Crippen molar-refractivity contribution in [3.05, 3.63) is 213 Å². The summed E-state index contributed by atoms with van der Waals surface area (Å²) >= 11 is 0. The molecule has 0 spiro atoms. The van der Waals surface area contributed by atoms with E-state index in [4.69, 9.17) is 5.10 Å². The van der Waals surface area contributed by atoms with Gasteiger partial charge >= 0.3 is 0 Å². The summed E-state index contributed by atoms with van der Waals surface area (Å²) in [6.07, 6.45) is -1.81. The molecule has 1 radical (unpaired) electrons. The largest absolute Gasteiger partial charge is 0.657 e. The number of anilines is 2. The van der Waals surface area contributed by atoms with E-state index in [1.165, 1.54) is 10.8 Å². The zero-order valence-corrected chi connectivity index (χ0v) is 36.0. The average molecular weight is 962 g/mol. The van der Waals surface area contributed by atoms with Crippen molar-refractivity contribution in [2.24, 2.45) is 10.5 Å². The van der Waals surface area contributed by atoms with Crippen molar-refractivity contribution in [1.82, 2.24) is 4.98 Å². The molecule has 0 N–H and O–H groups in total. The molecule has 0 bridgehead atoms. The van der Waals surface area contributed by atoms with Gasteiger partial charge in [-0.1, -0.05) is 227 Å². The van der Waals surface area contributed by atoms with Gasteiger partial charge < -0.3 is 14.9 Å². The van der Waals surface area contributed by atoms with Crippen LogP contribution in [0.4, 0.5) is 11.4 Å². The fourth-order valence-corrected chi connectivity index (χ4v) is 7.76. The summed E-state index contributed by atoms with van der Waals surface area (Å²) in [6.45, 7) is 7.78. The molecule has 0 saturated heterocycles. The molecule has 299 valence electrons. The number of benzene rings is 8. The first-order chi connectivity index (χ1) is 29.7. The minimum absolute atomic E-state index is 0. The van der Waals surface area contributed by atoms with Gasteiger partial charge in [0.25, 0.3) is 0 Å². The smallest absolute Gasteiger partial charge is 0.0990 e. The molecular weight excluding hydrogens is 914 g/mol. The number of hydrazone groups is 1. The van der Waals surface area contributed by atoms with Crippen LogP contribution in [0.3, 0.4) is 0 Å². The third kappa shape index (κ3) is 8.50. The van der Waals surface area contributed by atoms with Gasteiger partial charge in [-0.25, -0.2) is 0 Å². The van der Waals surface area contributed by atoms with Crippen molar-refractivity contribution in [3.63, 3.8) is 0 Å². The van der Waals surface area contributed by atoms with Crippen LogP contribution in [0.2, 0.25) is 0 Å². The molecule has 60 heavy (non-hydrogen) atoms. The van der Waals surface area contributed by atoms with Crippen LogP contribution in [-0.4, -0.2) is 5.84 Å². The van der Waals surface area contributed by atoms with Gasteiger partial charge in [0.1, 0.15) is 0 Å². The van der Waals surface area contributed by atoms with Gasteiger partial charge in [0, 0.05) is 65.1 Å². The molecular formula is C55H46AuN4-2. The van der Waals surface area contributed by atoms with E-state index in [9.17, 15) is 2.74 Å². The molecule has 1 aromatic heterocycles. The monoisotopic (exact) mass is 961 g/mol. The van der Waals surface area contributed by atoms with Crippen LogP contribution in [0.5, 0.6) is 0 Å². The maximum absolute atomic E-state index is 9.64. The fraction of sp³-hybridized carbons (Fsp3) is 0.0909. The molecule has 0 aliphatic carbocycles. The molecule has 0 amide bonds. The molecule has 0 fully saturated rings. The number of fused-ring (bicyclic) bond motifs is 3. The number of para-hydroxylation sites is 4. The zero-order valence-electron chi connectivity index (χ0n) is 35.8. The topological polar surface area (TPSA) is 32.9 Å². The van der Waals surface area contributed by atoms with Crippen molar-refractivity contribution < 1.29 is 25.1 Å². The molecule has 5 heteroatoms. The Hall–Kier alpha value is -6.43. The quantitative estimate of drug-likeness (QED) is 0.118. The summed E-state index contributed by atoms with van der Waals surface area (Å²) in [5.74, 6) is 0.331. The Morgan fingerprint density at radius 1 is 0.467 bits per heavy atom. The number of hydrogen-bond donors (Lipinski definition) is 0. The van der Waals surface area contributed by atoms with E-state index in [-0.39, 0.29) is 22.4 Å². The Balaban J connectivity index is 0.000000319. The summed E-state index contributed by atoms with van der Waals surface area (Å²) in [4.78, 5) is 6.51. The van der Waals surface area contributed by atoms with Gasteiger partial charge in [-0.15, -0.1) is 17.7 Å². The molecule has 1 aliphatic heterocycles. The van der Waals surface area contributed by atoms with Crippen LogP contribution in [0.15, 0.2) is 211 Å². The van der Waals surface area contributed by atoms with Crippen molar-refractivity contribution >= 4 is 39.0 Å². The SMILES string of the molecule is [2H]C([2H])(C1=NN(c2c(-c3ccccc3)cccc2-c2ccccc2)[CH-]N1c1c(-c2ccccc2)cccc1-c1ccccc1)C(C)(C)C.[Au].c1ccc2c(c1)[n-]c1ccccc12. The van der Waals surface area contributed by atoms with Crippen LogP contribution in [0.1, 0.15) is 29.9 Å². The van der Waals surface area contributed by atoms with E-state index >= 15 is 0 Å². The molecule has 1 aliphatic rings. The van der Waals surface area contributed by atoms with E-state index in [1.807, 2.05) is 122 Å². The maximum atomic E-state index is 9.64. The summed E-state index contributed by atoms with van der Waals surface area (Å²) in [5.41, 5.74) is 11.4. The Kier molecular flexibility index (Phi) is 11.2. The number of rotatable bonds is 7. The van der Waals surface area contributed by atoms with Gasteiger partial charge in [-0.3, -0.25) is 0 Å². The number of hydrogen-bond acceptors (Lipinski definition) is 3. The van der Waals surface area contributed by atoms with E-state index < -0.39 is 11.8 Å². The maximum Gasteiger partial charge on any atom is 0.0990 e. The summed E-state index contributed by atoms with van der Waals surface area (Å²) < 4.78 is 19.3. The molecule has 2 heterocycles. The first kappa shape index (κ1) is 37.8. The van der Waals surface area contributed by atoms with Gasteiger partial charge in [-0.05, 0) is 38.4 Å². The van der Waals surface area contributed by atoms with Crippen molar-refractivity contribution in [1.29, 1.82) is 0 Å². The van der Waals surface area contributed by atoms with Gasteiger partial charge in [0.2, 0.25) is 0 Å². The van der Waals surface area contributed by atoms with E-state index in [0.29, 0.717) is 5.84 Å². The summed E-state index contributed by atoms with van der Waals surface area (Å²) in [7, 11) is 0. The van der Waals surface area contributed by atoms with Crippen LogP contribution >= 0.6 is 0 Å². The average Bonchev–Trinajstić information content (AvgIpc) is 3.92. The van der Waals surface area contributed by atoms with Crippen LogP contribution in [0.25, 0.3) is 66.3 Å². The standard InChI is InChI=1S/C43H38N3.C12H8N.Au/c1-43(2,3)30-40-44-46(42-38(34-22-12-6-13-23-34)28-17-29-39(42)35-24-14-7-15-25-35)31-45(40)41-36(32-18-8-4-9-19-32)26-16-27-37(41)33-20-10-5-11-21-33;1-3-7-11-9(5-1)10-6-2-4-8-12(10)13-11;/h4-29,31H,30H2,1-3H3;1-8H;/q2*-1;/i30D2;;. The van der Waals surface area contributed by atoms with Gasteiger partial charge in [0.05, 0.1) is 5.84 Å². The second-order valence-corrected chi connectivity index (χ2v) is 15.6. The van der Waals surface area contributed by atoms with Crippen LogP contribution in [0, 0.1) is 12.1 Å². The van der Waals surface area contributed by atoms with E-state index in [1.54, 1.807) is 0 Å². The van der Waals surface area contributed by atoms with Crippen molar-refractivity contribution in [3.8, 4) is 44.5 Å². The third-order valence-corrected chi connectivity index (χ3v) is 10.4. The molecule has 9 aromatic rings. The number of aromatic nitrogens is 1. The number of nitrogens with zero attached hydrogens (tertiary/aromatic N) is 4. The van der Waals surface area contributed by atoms with Crippen molar-refractivity contribution in [2.45, 2.75) is 27.1 Å². The second-order valence-electron chi connectivity index (χ2n) is 15.6. The Labute approximate surface area is 372 Å². The zero-order chi connectivity index (χ0) is 42.0. The normalized spacial score (nSPS) is 13.2. The van der Waals surface area contributed by atoms with Gasteiger partial charge in [0.15, 0.2) is 0 Å². The molecule has 4 nitrogen and oxygen atoms in total. The summed E-state index contributed by atoms with van der Waals surface area (Å²) in [6, 6.07) is 70.4. The van der Waals surface area contributed by atoms with Crippen LogP contribution < -0.4 is 14.9 Å². The molecule has 10 rings (SSSR count). The Morgan fingerprint density at radius 2 is 0.817 bits per heavy atom.